The van der Waals surface area contributed by atoms with Crippen LogP contribution in [0.25, 0.3) is 5.57 Å². The van der Waals surface area contributed by atoms with E-state index in [9.17, 15) is 18.0 Å². The third kappa shape index (κ3) is 6.01. The number of carbonyl (C=O) groups excluding carboxylic acids is 1. The highest BCUT2D eigenvalue weighted by Gasteiger charge is 2.46. The van der Waals surface area contributed by atoms with Gasteiger partial charge in [-0.15, -0.1) is 0 Å². The minimum Gasteiger partial charge on any atom is -0.343 e. The van der Waals surface area contributed by atoms with Crippen LogP contribution in [0.5, 0.6) is 0 Å². The molecular weight excluding hydrogens is 451 g/mol. The molecule has 0 spiro atoms. The second-order valence-electron chi connectivity index (χ2n) is 9.87. The van der Waals surface area contributed by atoms with Crippen LogP contribution in [0, 0.1) is 6.92 Å². The molecule has 7 heteroatoms. The number of benzene rings is 1. The highest BCUT2D eigenvalue weighted by Crippen LogP contribution is 2.43. The molecule has 35 heavy (non-hydrogen) atoms. The van der Waals surface area contributed by atoms with Gasteiger partial charge >= 0.3 is 0 Å². The van der Waals surface area contributed by atoms with Gasteiger partial charge in [-0.05, 0) is 75.4 Å². The first-order valence-electron chi connectivity index (χ1n) is 11.8. The van der Waals surface area contributed by atoms with Gasteiger partial charge in [0.15, 0.2) is 0 Å². The summed E-state index contributed by atoms with van der Waals surface area (Å²) in [6.07, 6.45) is 3.07. The van der Waals surface area contributed by atoms with Gasteiger partial charge in [0.1, 0.15) is 5.67 Å². The van der Waals surface area contributed by atoms with E-state index in [4.69, 9.17) is 5.73 Å². The van der Waals surface area contributed by atoms with Crippen molar-refractivity contribution >= 4 is 11.5 Å². The van der Waals surface area contributed by atoms with Gasteiger partial charge in [0.2, 0.25) is 5.92 Å². The molecule has 1 heterocycles. The Bertz CT molecular complexity index is 1120. The van der Waals surface area contributed by atoms with Crippen molar-refractivity contribution < 1.29 is 18.0 Å². The van der Waals surface area contributed by atoms with Gasteiger partial charge in [0, 0.05) is 18.4 Å². The lowest BCUT2D eigenvalue weighted by Gasteiger charge is -2.43. The predicted octanol–water partition coefficient (Wildman–Crippen LogP) is 6.56. The maximum Gasteiger partial charge on any atom is 0.253 e. The number of halogens is 3. The number of allylic oxidation sites excluding steroid dienone is 3. The van der Waals surface area contributed by atoms with E-state index in [0.29, 0.717) is 5.69 Å². The largest absolute Gasteiger partial charge is 0.343 e. The number of hydrogen-bond acceptors (Lipinski definition) is 3. The van der Waals surface area contributed by atoms with Gasteiger partial charge in [0.25, 0.3) is 5.91 Å². The summed E-state index contributed by atoms with van der Waals surface area (Å²) >= 11 is 0. The van der Waals surface area contributed by atoms with Crippen LogP contribution in [0.4, 0.5) is 13.2 Å². The Balaban J connectivity index is 2.01. The molecule has 1 unspecified atom stereocenters. The number of hydrogen-bond donors (Lipinski definition) is 2. The fraction of sp³-hybridized carbons (Fsp3) is 0.429. The molecule has 0 saturated heterocycles. The third-order valence-electron chi connectivity index (χ3n) is 6.79. The minimum atomic E-state index is -2.77. The highest BCUT2D eigenvalue weighted by molar-refractivity contribution is 5.95. The fourth-order valence-corrected chi connectivity index (χ4v) is 4.57. The van der Waals surface area contributed by atoms with E-state index in [0.717, 1.165) is 16.7 Å². The zero-order valence-electron chi connectivity index (χ0n) is 20.8. The van der Waals surface area contributed by atoms with Crippen LogP contribution >= 0.6 is 0 Å². The van der Waals surface area contributed by atoms with E-state index >= 15 is 0 Å². The van der Waals surface area contributed by atoms with Crippen molar-refractivity contribution in [3.8, 4) is 0 Å². The second-order valence-corrected chi connectivity index (χ2v) is 9.87. The van der Waals surface area contributed by atoms with Gasteiger partial charge in [-0.2, -0.15) is 0 Å². The number of carbonyl (C=O) groups is 1. The lowest BCUT2D eigenvalue weighted by atomic mass is 9.73. The number of nitrogens with two attached hydrogens (primary N) is 1. The maximum absolute atomic E-state index is 14.3. The molecule has 1 saturated carbocycles. The molecule has 1 fully saturated rings. The van der Waals surface area contributed by atoms with Gasteiger partial charge in [-0.25, -0.2) is 13.2 Å². The first-order chi connectivity index (χ1) is 16.3. The number of pyridine rings is 1. The molecule has 188 valence electrons. The summed E-state index contributed by atoms with van der Waals surface area (Å²) in [5.41, 5.74) is 7.43. The number of aromatic nitrogens is 1. The smallest absolute Gasteiger partial charge is 0.253 e. The average molecular weight is 486 g/mol. The molecule has 0 aliphatic heterocycles. The summed E-state index contributed by atoms with van der Waals surface area (Å²) in [4.78, 5) is 17.6. The Kier molecular flexibility index (Phi) is 7.60. The Hall–Kier alpha value is -2.93. The van der Waals surface area contributed by atoms with Crippen molar-refractivity contribution in [3.05, 3.63) is 83.2 Å². The fourth-order valence-electron chi connectivity index (χ4n) is 4.57. The van der Waals surface area contributed by atoms with Crippen molar-refractivity contribution in [3.63, 3.8) is 0 Å². The first kappa shape index (κ1) is 26.7. The monoisotopic (exact) mass is 485 g/mol. The standard InChI is InChI=1S/C28H34F3N3O/c1-6-19(7-2)20-9-8-10-21(17-20)24(27(32)13-15-28(30,31)16-14-27)34-25(35)22-11-12-23(26(4,5)29)33-18(22)3/h6-12,17,24H,1,13-16,32H2,2-5H3,(H,34,35)/b19-7+. The first-order valence-corrected chi connectivity index (χ1v) is 11.8. The van der Waals surface area contributed by atoms with Crippen molar-refractivity contribution in [2.45, 2.75) is 76.6 Å². The Labute approximate surface area is 205 Å². The van der Waals surface area contributed by atoms with Crippen LogP contribution in [-0.4, -0.2) is 22.4 Å². The molecule has 1 amide bonds. The van der Waals surface area contributed by atoms with Gasteiger partial charge in [-0.3, -0.25) is 9.78 Å². The minimum absolute atomic E-state index is 0.0549. The summed E-state index contributed by atoms with van der Waals surface area (Å²) in [5, 5.41) is 3.00. The van der Waals surface area contributed by atoms with E-state index < -0.39 is 29.1 Å². The van der Waals surface area contributed by atoms with E-state index in [1.807, 2.05) is 37.3 Å². The molecule has 4 nitrogen and oxygen atoms in total. The molecule has 1 aliphatic carbocycles. The molecule has 3 rings (SSSR count). The molecule has 1 aromatic carbocycles. The third-order valence-corrected chi connectivity index (χ3v) is 6.79. The van der Waals surface area contributed by atoms with Crippen LogP contribution in [0.1, 0.15) is 85.4 Å². The van der Waals surface area contributed by atoms with Gasteiger partial charge in [-0.1, -0.05) is 36.9 Å². The van der Waals surface area contributed by atoms with Gasteiger partial charge < -0.3 is 11.1 Å². The van der Waals surface area contributed by atoms with Crippen molar-refractivity contribution in [2.24, 2.45) is 5.73 Å². The SMILES string of the molecule is C=C/C(=C\C)c1cccc(C(NC(=O)c2ccc(C(C)(C)F)nc2C)C2(N)CCC(F)(F)CC2)c1. The molecule has 3 N–H and O–H groups in total. The molecule has 2 aromatic rings. The maximum atomic E-state index is 14.3. The quantitative estimate of drug-likeness (QED) is 0.436. The molecular formula is C28H34F3N3O. The topological polar surface area (TPSA) is 68.0 Å². The van der Waals surface area contributed by atoms with Crippen molar-refractivity contribution in [2.75, 3.05) is 0 Å². The molecule has 1 aliphatic rings. The highest BCUT2D eigenvalue weighted by atomic mass is 19.3. The Morgan fingerprint density at radius 2 is 1.86 bits per heavy atom. The number of amides is 1. The molecule has 0 radical (unpaired) electrons. The van der Waals surface area contributed by atoms with Crippen molar-refractivity contribution in [1.82, 2.24) is 10.3 Å². The molecule has 1 aromatic heterocycles. The van der Waals surface area contributed by atoms with Crippen LogP contribution in [0.15, 0.2) is 55.1 Å². The zero-order valence-corrected chi connectivity index (χ0v) is 20.8. The van der Waals surface area contributed by atoms with Gasteiger partial charge in [0.05, 0.1) is 23.0 Å². The number of rotatable bonds is 7. The second kappa shape index (κ2) is 9.97. The summed E-state index contributed by atoms with van der Waals surface area (Å²) in [5.74, 6) is -3.21. The molecule has 1 atom stereocenters. The summed E-state index contributed by atoms with van der Waals surface area (Å²) in [6, 6.07) is 9.82. The van der Waals surface area contributed by atoms with E-state index in [-0.39, 0.29) is 36.9 Å². The lowest BCUT2D eigenvalue weighted by molar-refractivity contribution is -0.0551. The Morgan fingerprint density at radius 1 is 1.20 bits per heavy atom. The van der Waals surface area contributed by atoms with Crippen LogP contribution < -0.4 is 11.1 Å². The zero-order chi connectivity index (χ0) is 26.0. The predicted molar refractivity (Wildman–Crippen MR) is 134 cm³/mol. The molecule has 0 bridgehead atoms. The number of alkyl halides is 3. The number of nitrogens with one attached hydrogen (secondary N) is 1. The summed E-state index contributed by atoms with van der Waals surface area (Å²) in [7, 11) is 0. The van der Waals surface area contributed by atoms with E-state index in [1.165, 1.54) is 26.0 Å². The number of aryl methyl sites for hydroxylation is 1. The number of nitrogens with zero attached hydrogens (tertiary/aromatic N) is 1. The summed E-state index contributed by atoms with van der Waals surface area (Å²) < 4.78 is 42.3. The van der Waals surface area contributed by atoms with E-state index in [1.54, 1.807) is 13.0 Å². The van der Waals surface area contributed by atoms with Crippen LogP contribution in [0.2, 0.25) is 0 Å². The summed E-state index contributed by atoms with van der Waals surface area (Å²) in [6.45, 7) is 10.2. The Morgan fingerprint density at radius 3 is 2.40 bits per heavy atom. The van der Waals surface area contributed by atoms with E-state index in [2.05, 4.69) is 16.9 Å². The van der Waals surface area contributed by atoms with Crippen LogP contribution in [0.3, 0.4) is 0 Å². The van der Waals surface area contributed by atoms with Crippen LogP contribution in [-0.2, 0) is 5.67 Å². The lowest BCUT2D eigenvalue weighted by Crippen LogP contribution is -2.56. The normalized spacial score (nSPS) is 18.6. The van der Waals surface area contributed by atoms with Crippen molar-refractivity contribution in [1.29, 1.82) is 0 Å². The average Bonchev–Trinajstić information content (AvgIpc) is 2.80.